The van der Waals surface area contributed by atoms with Crippen molar-refractivity contribution in [3.63, 3.8) is 0 Å². The van der Waals surface area contributed by atoms with Gasteiger partial charge in [-0.3, -0.25) is 4.79 Å². The summed E-state index contributed by atoms with van der Waals surface area (Å²) in [5.74, 6) is -3.55. The zero-order chi connectivity index (χ0) is 31.4. The average Bonchev–Trinajstić information content (AvgIpc) is 3.56. The number of fused-ring (bicyclic) bond motifs is 1. The number of halogens is 3. The molecule has 6 rings (SSSR count). The van der Waals surface area contributed by atoms with E-state index < -0.39 is 42.6 Å². The van der Waals surface area contributed by atoms with Gasteiger partial charge >= 0.3 is 6.09 Å². The molecule has 2 aliphatic rings. The van der Waals surface area contributed by atoms with Crippen LogP contribution in [0.5, 0.6) is 0 Å². The van der Waals surface area contributed by atoms with Crippen molar-refractivity contribution < 1.29 is 27.5 Å². The summed E-state index contributed by atoms with van der Waals surface area (Å²) in [5, 5.41) is 7.20. The molecule has 1 amide bonds. The topological polar surface area (TPSA) is 110 Å². The number of amides is 1. The van der Waals surface area contributed by atoms with Crippen LogP contribution >= 0.6 is 0 Å². The Morgan fingerprint density at radius 1 is 1.05 bits per heavy atom. The monoisotopic (exact) mass is 608 g/mol. The minimum absolute atomic E-state index is 0.181. The molecule has 44 heavy (non-hydrogen) atoms. The first-order chi connectivity index (χ1) is 20.7. The van der Waals surface area contributed by atoms with E-state index in [1.807, 2.05) is 17.0 Å². The van der Waals surface area contributed by atoms with Crippen LogP contribution in [0.15, 0.2) is 48.8 Å². The van der Waals surface area contributed by atoms with Gasteiger partial charge in [0.2, 0.25) is 11.9 Å². The van der Waals surface area contributed by atoms with Gasteiger partial charge in [0, 0.05) is 42.8 Å². The number of rotatable bonds is 5. The molecule has 230 valence electrons. The quantitative estimate of drug-likeness (QED) is 0.316. The van der Waals surface area contributed by atoms with Crippen molar-refractivity contribution in [3.8, 4) is 11.1 Å². The fraction of sp³-hybridized carbons (Fsp3) is 0.367. The van der Waals surface area contributed by atoms with Gasteiger partial charge in [-0.2, -0.15) is 24.1 Å². The molecule has 1 N–H and O–H groups in total. The normalized spacial score (nSPS) is 15.9. The van der Waals surface area contributed by atoms with Gasteiger partial charge in [-0.1, -0.05) is 12.1 Å². The number of carbonyl (C=O) groups excluding carboxylic acids is 2. The Morgan fingerprint density at radius 3 is 2.45 bits per heavy atom. The molecule has 1 fully saturated rings. The molecule has 0 aliphatic carbocycles. The van der Waals surface area contributed by atoms with Crippen LogP contribution in [0, 0.1) is 5.95 Å². The number of ether oxygens (including phenoxy) is 1. The molecule has 11 nitrogen and oxygen atoms in total. The lowest BCUT2D eigenvalue weighted by Gasteiger charge is -2.38. The molecule has 5 heterocycles. The minimum atomic E-state index is -2.84. The molecular formula is C30H31F3N8O3. The largest absolute Gasteiger partial charge is 0.442 e. The second-order valence-corrected chi connectivity index (χ2v) is 12.0. The van der Waals surface area contributed by atoms with E-state index in [0.717, 1.165) is 32.0 Å². The third-order valence-electron chi connectivity index (χ3n) is 7.41. The van der Waals surface area contributed by atoms with Crippen LogP contribution in [0.2, 0.25) is 0 Å². The Bertz CT molecular complexity index is 1730. The summed E-state index contributed by atoms with van der Waals surface area (Å²) in [5.41, 5.74) is 3.64. The number of nitrogens with one attached hydrogen (secondary N) is 1. The Labute approximate surface area is 251 Å². The highest BCUT2D eigenvalue weighted by Gasteiger charge is 2.47. The number of nitrogens with zero attached hydrogens (tertiary/aromatic N) is 7. The number of alkyl halides is 2. The van der Waals surface area contributed by atoms with Crippen LogP contribution in [0.3, 0.4) is 0 Å². The lowest BCUT2D eigenvalue weighted by atomic mass is 10.1. The first-order valence-electron chi connectivity index (χ1n) is 14.0. The molecule has 1 saturated heterocycles. The molecule has 0 radical (unpaired) electrons. The van der Waals surface area contributed by atoms with E-state index in [9.17, 15) is 22.8 Å². The van der Waals surface area contributed by atoms with Crippen LogP contribution in [-0.4, -0.2) is 72.4 Å². The van der Waals surface area contributed by atoms with E-state index in [0.29, 0.717) is 30.9 Å². The second-order valence-electron chi connectivity index (χ2n) is 12.0. The smallest absolute Gasteiger partial charge is 0.435 e. The van der Waals surface area contributed by atoms with E-state index in [1.54, 1.807) is 63.0 Å². The fourth-order valence-electron chi connectivity index (χ4n) is 5.22. The van der Waals surface area contributed by atoms with Crippen LogP contribution in [0.1, 0.15) is 42.5 Å². The van der Waals surface area contributed by atoms with Crippen LogP contribution in [0.25, 0.3) is 11.1 Å². The molecule has 0 bridgehead atoms. The lowest BCUT2D eigenvalue weighted by Crippen LogP contribution is -2.58. The summed E-state index contributed by atoms with van der Waals surface area (Å²) < 4.78 is 49.5. The molecule has 14 heteroatoms. The zero-order valence-electron chi connectivity index (χ0n) is 24.6. The minimum Gasteiger partial charge on any atom is -0.442 e. The van der Waals surface area contributed by atoms with Gasteiger partial charge in [0.1, 0.15) is 17.1 Å². The molecule has 1 aromatic carbocycles. The van der Waals surface area contributed by atoms with Crippen molar-refractivity contribution >= 4 is 29.5 Å². The predicted octanol–water partition coefficient (Wildman–Crippen LogP) is 5.00. The van der Waals surface area contributed by atoms with Crippen LogP contribution < -0.4 is 10.2 Å². The van der Waals surface area contributed by atoms with E-state index in [-0.39, 0.29) is 11.8 Å². The van der Waals surface area contributed by atoms with Crippen molar-refractivity contribution in [2.75, 3.05) is 29.9 Å². The number of likely N-dealkylation sites (tertiary alicyclic amines) is 1. The summed E-state index contributed by atoms with van der Waals surface area (Å²) in [7, 11) is 1.72. The Kier molecular flexibility index (Phi) is 7.09. The van der Waals surface area contributed by atoms with Crippen molar-refractivity contribution in [3.05, 3.63) is 71.7 Å². The van der Waals surface area contributed by atoms with Crippen molar-refractivity contribution in [1.29, 1.82) is 0 Å². The van der Waals surface area contributed by atoms with Gasteiger partial charge in [-0.25, -0.2) is 13.6 Å². The molecule has 0 atom stereocenters. The maximum Gasteiger partial charge on any atom is 0.435 e. The van der Waals surface area contributed by atoms with E-state index in [2.05, 4.69) is 20.4 Å². The summed E-state index contributed by atoms with van der Waals surface area (Å²) in [6.45, 7) is 4.99. The number of aromatic nitrogens is 5. The maximum atomic E-state index is 14.6. The Hall–Kier alpha value is -4.88. The third kappa shape index (κ3) is 5.96. The summed E-state index contributed by atoms with van der Waals surface area (Å²) in [6, 6.07) is 10.2. The first kappa shape index (κ1) is 29.2. The fourth-order valence-corrected chi connectivity index (χ4v) is 5.22. The summed E-state index contributed by atoms with van der Waals surface area (Å²) in [4.78, 5) is 36.5. The Morgan fingerprint density at radius 2 is 1.77 bits per heavy atom. The third-order valence-corrected chi connectivity index (χ3v) is 7.41. The van der Waals surface area contributed by atoms with Gasteiger partial charge < -0.3 is 24.4 Å². The van der Waals surface area contributed by atoms with Gasteiger partial charge in [0.05, 0.1) is 25.8 Å². The van der Waals surface area contributed by atoms with Crippen molar-refractivity contribution in [2.45, 2.75) is 45.3 Å². The summed E-state index contributed by atoms with van der Waals surface area (Å²) in [6.07, 6.45) is 3.13. The average molecular weight is 609 g/mol. The first-order valence-corrected chi connectivity index (χ1v) is 14.0. The standard InChI is InChI=1S/C30H31F3N8O3/c1-29(2,3)44-28(43)41-14-20(13-34-41)18-5-7-21(8-6-18)35-25-12-24(31)36-27(37-25)39-10-9-19-11-22(38(4)23(19)15-39)26(42)40-16-30(32,33)17-40/h5-8,11-14H,9-10,15-17H2,1-4H3,(H,35,36,37). The highest BCUT2D eigenvalue weighted by molar-refractivity contribution is 5.94. The molecular weight excluding hydrogens is 577 g/mol. The number of anilines is 3. The molecule has 4 aromatic rings. The zero-order valence-corrected chi connectivity index (χ0v) is 24.6. The molecule has 0 spiro atoms. The number of carbonyl (C=O) groups is 2. The van der Waals surface area contributed by atoms with Crippen LogP contribution in [0.4, 0.5) is 35.4 Å². The van der Waals surface area contributed by atoms with Crippen LogP contribution in [-0.2, 0) is 24.8 Å². The molecule has 0 saturated carbocycles. The van der Waals surface area contributed by atoms with Gasteiger partial charge in [0.25, 0.3) is 11.8 Å². The van der Waals surface area contributed by atoms with E-state index >= 15 is 0 Å². The molecule has 3 aromatic heterocycles. The molecule has 2 aliphatic heterocycles. The van der Waals surface area contributed by atoms with Crippen molar-refractivity contribution in [2.24, 2.45) is 7.05 Å². The Balaban J connectivity index is 1.14. The highest BCUT2D eigenvalue weighted by atomic mass is 19.3. The van der Waals surface area contributed by atoms with Gasteiger partial charge in [-0.15, -0.1) is 0 Å². The maximum absolute atomic E-state index is 14.6. The van der Waals surface area contributed by atoms with Gasteiger partial charge in [-0.05, 0) is 56.5 Å². The highest BCUT2D eigenvalue weighted by Crippen LogP contribution is 2.31. The van der Waals surface area contributed by atoms with Crippen molar-refractivity contribution in [1.82, 2.24) is 29.2 Å². The van der Waals surface area contributed by atoms with E-state index in [4.69, 9.17) is 4.74 Å². The summed E-state index contributed by atoms with van der Waals surface area (Å²) >= 11 is 0. The second kappa shape index (κ2) is 10.7. The number of benzene rings is 1. The molecule has 0 unspecified atom stereocenters. The number of hydrogen-bond donors (Lipinski definition) is 1. The predicted molar refractivity (Wildman–Crippen MR) is 156 cm³/mol. The van der Waals surface area contributed by atoms with E-state index in [1.165, 1.54) is 6.07 Å². The van der Waals surface area contributed by atoms with Gasteiger partial charge in [0.15, 0.2) is 0 Å². The SMILES string of the molecule is Cn1c(C(=O)N2CC(F)(F)C2)cc2c1CN(c1nc(F)cc(Nc3ccc(-c4cnn(C(=O)OC(C)(C)C)c4)cc3)n1)CC2. The number of hydrogen-bond acceptors (Lipinski definition) is 8. The lowest BCUT2D eigenvalue weighted by molar-refractivity contribution is -0.113.